The predicted molar refractivity (Wildman–Crippen MR) is 137 cm³/mol. The van der Waals surface area contributed by atoms with Gasteiger partial charge < -0.3 is 16.0 Å². The van der Waals surface area contributed by atoms with Crippen LogP contribution in [0.1, 0.15) is 0 Å². The van der Waals surface area contributed by atoms with Crippen LogP contribution >= 0.6 is 22.9 Å². The SMILES string of the molecule is CNc1cc2[nH]c(=O)n(-c3ccc(N(C(N)=O)S(=O)(=O)c4ccc(Cl)s4)cc3)c(=O)c2cc1F.[CaH2]. The predicted octanol–water partition coefficient (Wildman–Crippen LogP) is 1.93. The number of benzene rings is 2. The fraction of sp³-hybridized carbons (Fsp3) is 0.0500. The average Bonchev–Trinajstić information content (AvgIpc) is 3.22. The van der Waals surface area contributed by atoms with Gasteiger partial charge in [0, 0.05) is 7.05 Å². The van der Waals surface area contributed by atoms with Crippen LogP contribution in [-0.4, -0.2) is 68.8 Å². The second-order valence-corrected chi connectivity index (χ2v) is 10.6. The van der Waals surface area contributed by atoms with Crippen LogP contribution in [-0.2, 0) is 10.0 Å². The van der Waals surface area contributed by atoms with Crippen LogP contribution in [0.4, 0.5) is 20.6 Å². The number of amides is 2. The van der Waals surface area contributed by atoms with Gasteiger partial charge in [-0.05, 0) is 48.5 Å². The number of urea groups is 1. The Morgan fingerprint density at radius 3 is 2.37 bits per heavy atom. The molecule has 0 saturated heterocycles. The summed E-state index contributed by atoms with van der Waals surface area (Å²) in [5.74, 6) is -0.683. The molecule has 2 amide bonds. The van der Waals surface area contributed by atoms with Gasteiger partial charge in [0.05, 0.1) is 32.3 Å². The number of anilines is 2. The van der Waals surface area contributed by atoms with Gasteiger partial charge in [0.1, 0.15) is 10.0 Å². The quantitative estimate of drug-likeness (QED) is 0.315. The molecule has 2 aromatic carbocycles. The zero-order valence-electron chi connectivity index (χ0n) is 17.2. The van der Waals surface area contributed by atoms with Crippen LogP contribution in [0.25, 0.3) is 16.6 Å². The van der Waals surface area contributed by atoms with Crippen molar-refractivity contribution in [2.24, 2.45) is 5.73 Å². The Hall–Kier alpha value is -2.42. The van der Waals surface area contributed by atoms with Crippen molar-refractivity contribution in [2.75, 3.05) is 16.7 Å². The van der Waals surface area contributed by atoms with Crippen molar-refractivity contribution in [2.45, 2.75) is 4.21 Å². The van der Waals surface area contributed by atoms with Crippen molar-refractivity contribution in [1.82, 2.24) is 9.55 Å². The number of aromatic nitrogens is 2. The van der Waals surface area contributed by atoms with Gasteiger partial charge in [-0.2, -0.15) is 12.7 Å². The van der Waals surface area contributed by atoms with E-state index in [0.717, 1.165) is 22.0 Å². The van der Waals surface area contributed by atoms with Crippen molar-refractivity contribution in [3.05, 3.63) is 79.5 Å². The summed E-state index contributed by atoms with van der Waals surface area (Å²) < 4.78 is 41.1. The number of carbonyl (C=O) groups excluding carboxylic acids is 1. The van der Waals surface area contributed by atoms with E-state index < -0.39 is 33.1 Å². The normalized spacial score (nSPS) is 11.2. The number of aromatic amines is 1. The average molecular weight is 566 g/mol. The summed E-state index contributed by atoms with van der Waals surface area (Å²) in [6.07, 6.45) is 0. The minimum absolute atomic E-state index is 0. The Morgan fingerprint density at radius 1 is 1.17 bits per heavy atom. The third-order valence-electron chi connectivity index (χ3n) is 4.84. The van der Waals surface area contributed by atoms with Crippen molar-refractivity contribution in [3.63, 3.8) is 0 Å². The topological polar surface area (TPSA) is 147 Å². The number of nitrogens with one attached hydrogen (secondary N) is 2. The van der Waals surface area contributed by atoms with Gasteiger partial charge in [-0.15, -0.1) is 11.3 Å². The Morgan fingerprint density at radius 2 is 1.83 bits per heavy atom. The van der Waals surface area contributed by atoms with Crippen LogP contribution in [0.2, 0.25) is 4.34 Å². The van der Waals surface area contributed by atoms with Gasteiger partial charge >= 0.3 is 49.5 Å². The monoisotopic (exact) mass is 565 g/mol. The molecule has 0 aliphatic rings. The zero-order valence-corrected chi connectivity index (χ0v) is 19.6. The van der Waals surface area contributed by atoms with E-state index in [1.54, 1.807) is 0 Å². The molecule has 0 fully saturated rings. The second kappa shape index (κ2) is 10.3. The molecule has 4 rings (SSSR count). The van der Waals surface area contributed by atoms with E-state index in [2.05, 4.69) is 10.3 Å². The summed E-state index contributed by atoms with van der Waals surface area (Å²) in [5, 5.41) is 2.55. The van der Waals surface area contributed by atoms with Crippen LogP contribution in [0.5, 0.6) is 0 Å². The number of H-pyrrole nitrogens is 1. The Bertz CT molecular complexity index is 1670. The Balaban J connectivity index is 0.00000342. The first-order chi connectivity index (χ1) is 16.0. The van der Waals surface area contributed by atoms with E-state index in [1.165, 1.54) is 49.5 Å². The van der Waals surface area contributed by atoms with Gasteiger partial charge in [-0.3, -0.25) is 4.79 Å². The van der Waals surface area contributed by atoms with Crippen LogP contribution < -0.4 is 26.6 Å². The number of sulfonamides is 1. The van der Waals surface area contributed by atoms with Gasteiger partial charge in [0.25, 0.3) is 15.6 Å². The number of fused-ring (bicyclic) bond motifs is 1. The molecule has 4 aromatic rings. The number of nitrogens with zero attached hydrogens (tertiary/aromatic N) is 2. The molecular formula is C20H17CaClFN5O5S2. The number of thiophene rings is 1. The van der Waals surface area contributed by atoms with Crippen molar-refractivity contribution in [1.29, 1.82) is 0 Å². The molecular weight excluding hydrogens is 549 g/mol. The molecule has 0 bridgehead atoms. The molecule has 0 atom stereocenters. The molecule has 0 spiro atoms. The number of rotatable bonds is 5. The number of primary amides is 1. The molecule has 10 nitrogen and oxygen atoms in total. The molecule has 35 heavy (non-hydrogen) atoms. The number of halogens is 2. The Labute approximate surface area is 236 Å². The molecule has 4 N–H and O–H groups in total. The molecule has 0 saturated carbocycles. The summed E-state index contributed by atoms with van der Waals surface area (Å²) in [6, 6.07) is 8.54. The third-order valence-corrected chi connectivity index (χ3v) is 8.26. The first-order valence-electron chi connectivity index (χ1n) is 9.41. The van der Waals surface area contributed by atoms with E-state index in [4.69, 9.17) is 17.3 Å². The zero-order chi connectivity index (χ0) is 24.8. The molecule has 2 aromatic heterocycles. The second-order valence-electron chi connectivity index (χ2n) is 6.88. The summed E-state index contributed by atoms with van der Waals surface area (Å²) in [7, 11) is -2.86. The maximum atomic E-state index is 14.2. The number of nitrogens with two attached hydrogens (primary N) is 1. The molecule has 15 heteroatoms. The summed E-state index contributed by atoms with van der Waals surface area (Å²) in [4.78, 5) is 40.1. The van der Waals surface area contributed by atoms with Crippen molar-refractivity contribution in [3.8, 4) is 5.69 Å². The van der Waals surface area contributed by atoms with Gasteiger partial charge in [-0.1, -0.05) is 11.6 Å². The molecule has 0 aliphatic carbocycles. The van der Waals surface area contributed by atoms with Gasteiger partial charge in [-0.25, -0.2) is 18.5 Å². The van der Waals surface area contributed by atoms with E-state index in [0.29, 0.717) is 4.31 Å². The van der Waals surface area contributed by atoms with Crippen molar-refractivity contribution >= 4 is 99.0 Å². The van der Waals surface area contributed by atoms with E-state index >= 15 is 0 Å². The minimum atomic E-state index is -4.36. The molecule has 0 unspecified atom stereocenters. The maximum absolute atomic E-state index is 14.2. The van der Waals surface area contributed by atoms with E-state index in [9.17, 15) is 27.2 Å². The third kappa shape index (κ3) is 4.97. The number of carbonyl (C=O) groups is 1. The number of hydrogen-bond acceptors (Lipinski definition) is 7. The van der Waals surface area contributed by atoms with Crippen LogP contribution in [0.15, 0.2) is 62.3 Å². The first kappa shape index (κ1) is 27.2. The van der Waals surface area contributed by atoms with E-state index in [-0.39, 0.29) is 74.2 Å². The first-order valence-corrected chi connectivity index (χ1v) is 12.0. The summed E-state index contributed by atoms with van der Waals surface area (Å²) in [6.45, 7) is 0. The number of hydrogen-bond donors (Lipinski definition) is 3. The van der Waals surface area contributed by atoms with Crippen LogP contribution in [0, 0.1) is 5.82 Å². The summed E-state index contributed by atoms with van der Waals surface area (Å²) >= 11 is 6.56. The van der Waals surface area contributed by atoms with Gasteiger partial charge in [0.15, 0.2) is 0 Å². The fourth-order valence-electron chi connectivity index (χ4n) is 3.31. The fourth-order valence-corrected chi connectivity index (χ4v) is 6.20. The standard InChI is InChI=1S/C20H15ClFN5O5S2.Ca.2H/c1-24-15-9-14-12(8-13(15)22)18(28)26(20(30)25-14)10-2-4-11(5-3-10)27(19(23)29)34(31,32)17-7-6-16(21)33-17;;;/h2-9,24H,1H3,(H2,23,29)(H,25,30);;;. The molecule has 0 radical (unpaired) electrons. The molecule has 2 heterocycles. The molecule has 180 valence electrons. The summed E-state index contributed by atoms with van der Waals surface area (Å²) in [5.41, 5.74) is 3.89. The van der Waals surface area contributed by atoms with Gasteiger partial charge in [0.2, 0.25) is 0 Å². The van der Waals surface area contributed by atoms with Crippen molar-refractivity contribution < 1.29 is 17.6 Å². The molecule has 0 aliphatic heterocycles. The van der Waals surface area contributed by atoms with E-state index in [1.807, 2.05) is 0 Å². The Kier molecular flexibility index (Phi) is 7.99. The van der Waals surface area contributed by atoms with Crippen LogP contribution in [0.3, 0.4) is 0 Å².